The van der Waals surface area contributed by atoms with E-state index < -0.39 is 0 Å². The molecule has 0 radical (unpaired) electrons. The number of hydrogen-bond acceptors (Lipinski definition) is 6. The highest BCUT2D eigenvalue weighted by atomic mass is 16.5. The number of carbonyl (C=O) groups excluding carboxylic acids is 2. The highest BCUT2D eigenvalue weighted by molar-refractivity contribution is 6.11. The number of benzene rings is 1. The highest BCUT2D eigenvalue weighted by Crippen LogP contribution is 2.22. The Kier molecular flexibility index (Phi) is 5.07. The molecular formula is C14H16N4O4. The van der Waals surface area contributed by atoms with Gasteiger partial charge in [0.05, 0.1) is 39.0 Å². The Hall–Kier alpha value is -2.90. The molecule has 1 aromatic rings. The average molecular weight is 304 g/mol. The third kappa shape index (κ3) is 4.05. The minimum absolute atomic E-state index is 0.0236. The summed E-state index contributed by atoms with van der Waals surface area (Å²) in [4.78, 5) is 22.6. The molecule has 0 saturated heterocycles. The minimum Gasteiger partial charge on any atom is -0.497 e. The van der Waals surface area contributed by atoms with Gasteiger partial charge < -0.3 is 9.47 Å². The van der Waals surface area contributed by atoms with Crippen molar-refractivity contribution in [1.82, 2.24) is 10.9 Å². The maximum absolute atomic E-state index is 11.7. The summed E-state index contributed by atoms with van der Waals surface area (Å²) in [5.41, 5.74) is 5.84. The molecule has 0 fully saturated rings. The Morgan fingerprint density at radius 1 is 1.45 bits per heavy atom. The van der Waals surface area contributed by atoms with Gasteiger partial charge in [-0.2, -0.15) is 10.2 Å². The molecule has 22 heavy (non-hydrogen) atoms. The molecule has 0 saturated carbocycles. The van der Waals surface area contributed by atoms with Crippen molar-refractivity contribution in [3.05, 3.63) is 23.8 Å². The first kappa shape index (κ1) is 15.5. The van der Waals surface area contributed by atoms with Crippen LogP contribution in [0.2, 0.25) is 0 Å². The van der Waals surface area contributed by atoms with E-state index >= 15 is 0 Å². The van der Waals surface area contributed by atoms with Crippen molar-refractivity contribution in [2.45, 2.75) is 12.8 Å². The van der Waals surface area contributed by atoms with Crippen LogP contribution >= 0.6 is 0 Å². The van der Waals surface area contributed by atoms with Crippen LogP contribution in [0.4, 0.5) is 0 Å². The second-order valence-corrected chi connectivity index (χ2v) is 4.47. The van der Waals surface area contributed by atoms with Crippen LogP contribution in [0.25, 0.3) is 0 Å². The van der Waals surface area contributed by atoms with Crippen LogP contribution in [-0.4, -0.2) is 38.0 Å². The second kappa shape index (κ2) is 7.21. The lowest BCUT2D eigenvalue weighted by Gasteiger charge is -2.06. The van der Waals surface area contributed by atoms with Crippen molar-refractivity contribution in [2.24, 2.45) is 10.2 Å². The lowest BCUT2D eigenvalue weighted by atomic mass is 10.2. The van der Waals surface area contributed by atoms with Crippen molar-refractivity contribution in [3.8, 4) is 11.5 Å². The number of carbonyl (C=O) groups is 2. The van der Waals surface area contributed by atoms with Crippen molar-refractivity contribution in [3.63, 3.8) is 0 Å². The molecule has 1 aliphatic heterocycles. The molecule has 2 amide bonds. The van der Waals surface area contributed by atoms with Crippen LogP contribution in [0, 0.1) is 0 Å². The molecule has 1 aromatic carbocycles. The van der Waals surface area contributed by atoms with Gasteiger partial charge in [0.1, 0.15) is 11.5 Å². The molecule has 1 aliphatic rings. The van der Waals surface area contributed by atoms with Gasteiger partial charge in [-0.3, -0.25) is 9.59 Å². The Morgan fingerprint density at radius 2 is 2.27 bits per heavy atom. The van der Waals surface area contributed by atoms with Crippen molar-refractivity contribution in [1.29, 1.82) is 0 Å². The van der Waals surface area contributed by atoms with Gasteiger partial charge in [-0.25, -0.2) is 10.9 Å². The summed E-state index contributed by atoms with van der Waals surface area (Å²) in [7, 11) is 3.10. The summed E-state index contributed by atoms with van der Waals surface area (Å²) in [6.45, 7) is 0. The zero-order valence-corrected chi connectivity index (χ0v) is 12.3. The van der Waals surface area contributed by atoms with Gasteiger partial charge in [0, 0.05) is 11.6 Å². The lowest BCUT2D eigenvalue weighted by Crippen LogP contribution is -2.20. The number of hydrazone groups is 2. The van der Waals surface area contributed by atoms with Crippen LogP contribution in [-0.2, 0) is 9.59 Å². The van der Waals surface area contributed by atoms with Crippen molar-refractivity contribution >= 4 is 23.7 Å². The predicted octanol–water partition coefficient (Wildman–Crippen LogP) is 0.420. The summed E-state index contributed by atoms with van der Waals surface area (Å²) in [6.07, 6.45) is 1.63. The molecule has 0 aliphatic carbocycles. The Labute approximate surface area is 127 Å². The first-order valence-corrected chi connectivity index (χ1v) is 6.50. The van der Waals surface area contributed by atoms with E-state index in [1.165, 1.54) is 13.3 Å². The minimum atomic E-state index is -0.348. The molecule has 2 N–H and O–H groups in total. The summed E-state index contributed by atoms with van der Waals surface area (Å²) in [5, 5.41) is 7.60. The van der Waals surface area contributed by atoms with Gasteiger partial charge in [0.2, 0.25) is 11.8 Å². The van der Waals surface area contributed by atoms with Gasteiger partial charge in [-0.05, 0) is 12.1 Å². The number of nitrogens with zero attached hydrogens (tertiary/aromatic N) is 2. The standard InChI is InChI=1S/C14H16N4O4/c1-21-11-4-3-9(12(7-11)22-2)8-15-17-13(19)5-10-6-14(20)18-16-10/h3-4,7-8H,5-6H2,1-2H3,(H,17,19)(H,18,20)/b15-8+. The van der Waals surface area contributed by atoms with E-state index in [1.807, 2.05) is 0 Å². The summed E-state index contributed by atoms with van der Waals surface area (Å²) in [6, 6.07) is 5.24. The number of ether oxygens (including phenoxy) is 2. The third-order valence-electron chi connectivity index (χ3n) is 2.90. The molecule has 0 spiro atoms. The summed E-state index contributed by atoms with van der Waals surface area (Å²) >= 11 is 0. The highest BCUT2D eigenvalue weighted by Gasteiger charge is 2.17. The number of rotatable bonds is 6. The molecule has 0 aromatic heterocycles. The van der Waals surface area contributed by atoms with Crippen LogP contribution < -0.4 is 20.3 Å². The largest absolute Gasteiger partial charge is 0.497 e. The van der Waals surface area contributed by atoms with Gasteiger partial charge >= 0.3 is 0 Å². The van der Waals surface area contributed by atoms with Crippen LogP contribution in [0.3, 0.4) is 0 Å². The molecule has 0 atom stereocenters. The van der Waals surface area contributed by atoms with Gasteiger partial charge in [-0.15, -0.1) is 0 Å². The van der Waals surface area contributed by atoms with Crippen molar-refractivity contribution in [2.75, 3.05) is 14.2 Å². The molecule has 0 unspecified atom stereocenters. The van der Waals surface area contributed by atoms with E-state index in [-0.39, 0.29) is 24.7 Å². The molecule has 116 valence electrons. The normalized spacial score (nSPS) is 13.7. The van der Waals surface area contributed by atoms with Crippen LogP contribution in [0.15, 0.2) is 28.4 Å². The topological polar surface area (TPSA) is 101 Å². The van der Waals surface area contributed by atoms with E-state index in [0.29, 0.717) is 22.8 Å². The number of nitrogens with one attached hydrogen (secondary N) is 2. The molecule has 0 bridgehead atoms. The smallest absolute Gasteiger partial charge is 0.245 e. The van der Waals surface area contributed by atoms with E-state index in [9.17, 15) is 9.59 Å². The average Bonchev–Trinajstić information content (AvgIpc) is 2.92. The lowest BCUT2D eigenvalue weighted by molar-refractivity contribution is -0.119. The van der Waals surface area contributed by atoms with E-state index in [2.05, 4.69) is 21.1 Å². The maximum atomic E-state index is 11.7. The fourth-order valence-corrected chi connectivity index (χ4v) is 1.83. The zero-order chi connectivity index (χ0) is 15.9. The first-order valence-electron chi connectivity index (χ1n) is 6.50. The zero-order valence-electron chi connectivity index (χ0n) is 12.3. The van der Waals surface area contributed by atoms with Gasteiger partial charge in [0.25, 0.3) is 0 Å². The fourth-order valence-electron chi connectivity index (χ4n) is 1.83. The summed E-state index contributed by atoms with van der Waals surface area (Å²) < 4.78 is 10.3. The van der Waals surface area contributed by atoms with E-state index in [0.717, 1.165) is 0 Å². The number of amides is 2. The number of methoxy groups -OCH3 is 2. The first-order chi connectivity index (χ1) is 10.6. The van der Waals surface area contributed by atoms with Crippen molar-refractivity contribution < 1.29 is 19.1 Å². The van der Waals surface area contributed by atoms with Crippen LogP contribution in [0.5, 0.6) is 11.5 Å². The molecular weight excluding hydrogens is 288 g/mol. The molecule has 8 nitrogen and oxygen atoms in total. The maximum Gasteiger partial charge on any atom is 0.245 e. The van der Waals surface area contributed by atoms with Crippen LogP contribution in [0.1, 0.15) is 18.4 Å². The SMILES string of the molecule is COc1ccc(/C=N/NC(=O)CC2=NNC(=O)C2)c(OC)c1. The fraction of sp³-hybridized carbons (Fsp3) is 0.286. The quantitative estimate of drug-likeness (QED) is 0.587. The predicted molar refractivity (Wildman–Crippen MR) is 80.1 cm³/mol. The van der Waals surface area contributed by atoms with Gasteiger partial charge in [0.15, 0.2) is 0 Å². The van der Waals surface area contributed by atoms with Gasteiger partial charge in [-0.1, -0.05) is 0 Å². The van der Waals surface area contributed by atoms with E-state index in [1.54, 1.807) is 25.3 Å². The molecule has 1 heterocycles. The molecule has 8 heteroatoms. The second-order valence-electron chi connectivity index (χ2n) is 4.47. The van der Waals surface area contributed by atoms with E-state index in [4.69, 9.17) is 9.47 Å². The Morgan fingerprint density at radius 3 is 2.91 bits per heavy atom. The monoisotopic (exact) mass is 304 g/mol. The molecule has 2 rings (SSSR count). The Balaban J connectivity index is 1.92. The number of hydrogen-bond donors (Lipinski definition) is 2. The third-order valence-corrected chi connectivity index (χ3v) is 2.90. The summed E-state index contributed by atoms with van der Waals surface area (Å²) in [5.74, 6) is 0.676. The Bertz CT molecular complexity index is 640.